The van der Waals surface area contributed by atoms with E-state index in [1.165, 1.54) is 20.9 Å². The van der Waals surface area contributed by atoms with E-state index >= 15 is 0 Å². The molecule has 0 aliphatic rings. The van der Waals surface area contributed by atoms with Crippen molar-refractivity contribution in [2.75, 3.05) is 0 Å². The summed E-state index contributed by atoms with van der Waals surface area (Å²) in [7, 11) is 0. The SMILES string of the molecule is Cc1ccc(CNCc2cc(C)c(C)s2)c(Cl)c1. The molecule has 1 aromatic heterocycles. The van der Waals surface area contributed by atoms with Gasteiger partial charge in [-0.05, 0) is 49.6 Å². The first-order valence-electron chi connectivity index (χ1n) is 6.08. The Labute approximate surface area is 118 Å². The molecule has 0 aliphatic heterocycles. The molecule has 1 aromatic carbocycles. The molecule has 1 heterocycles. The van der Waals surface area contributed by atoms with Crippen molar-refractivity contribution in [3.05, 3.63) is 55.7 Å². The Morgan fingerprint density at radius 3 is 2.50 bits per heavy atom. The normalized spacial score (nSPS) is 10.9. The van der Waals surface area contributed by atoms with Crippen LogP contribution in [0.15, 0.2) is 24.3 Å². The molecular weight excluding hydrogens is 262 g/mol. The average Bonchev–Trinajstić information content (AvgIpc) is 2.61. The fourth-order valence-corrected chi connectivity index (χ4v) is 3.18. The van der Waals surface area contributed by atoms with Crippen molar-refractivity contribution in [1.82, 2.24) is 5.32 Å². The first kappa shape index (κ1) is 13.6. The predicted molar refractivity (Wildman–Crippen MR) is 80.5 cm³/mol. The number of aryl methyl sites for hydroxylation is 3. The molecular formula is C15H18ClNS. The molecule has 0 unspecified atom stereocenters. The van der Waals surface area contributed by atoms with E-state index in [2.05, 4.69) is 44.3 Å². The van der Waals surface area contributed by atoms with Gasteiger partial charge in [-0.1, -0.05) is 23.7 Å². The molecule has 0 aliphatic carbocycles. The molecule has 0 fully saturated rings. The predicted octanol–water partition coefficient (Wildman–Crippen LogP) is 4.62. The lowest BCUT2D eigenvalue weighted by molar-refractivity contribution is 0.701. The van der Waals surface area contributed by atoms with Crippen molar-refractivity contribution in [2.24, 2.45) is 0 Å². The van der Waals surface area contributed by atoms with Crippen LogP contribution in [0.4, 0.5) is 0 Å². The van der Waals surface area contributed by atoms with E-state index in [0.717, 1.165) is 23.7 Å². The zero-order valence-electron chi connectivity index (χ0n) is 11.0. The van der Waals surface area contributed by atoms with Gasteiger partial charge in [-0.3, -0.25) is 0 Å². The van der Waals surface area contributed by atoms with Crippen LogP contribution in [0.1, 0.15) is 26.4 Å². The molecule has 96 valence electrons. The fraction of sp³-hybridized carbons (Fsp3) is 0.333. The molecule has 1 N–H and O–H groups in total. The second kappa shape index (κ2) is 5.87. The molecule has 0 bridgehead atoms. The summed E-state index contributed by atoms with van der Waals surface area (Å²) in [5, 5.41) is 4.29. The summed E-state index contributed by atoms with van der Waals surface area (Å²) in [5.41, 5.74) is 3.74. The van der Waals surface area contributed by atoms with Crippen LogP contribution < -0.4 is 5.32 Å². The summed E-state index contributed by atoms with van der Waals surface area (Å²) in [6.07, 6.45) is 0. The Morgan fingerprint density at radius 1 is 1.11 bits per heavy atom. The Hall–Kier alpha value is -0.830. The van der Waals surface area contributed by atoms with E-state index in [1.807, 2.05) is 17.4 Å². The van der Waals surface area contributed by atoms with Gasteiger partial charge in [0.05, 0.1) is 0 Å². The Balaban J connectivity index is 1.92. The third-order valence-electron chi connectivity index (χ3n) is 3.04. The van der Waals surface area contributed by atoms with Gasteiger partial charge in [0, 0.05) is 27.9 Å². The topological polar surface area (TPSA) is 12.0 Å². The van der Waals surface area contributed by atoms with Crippen LogP contribution in [-0.4, -0.2) is 0 Å². The van der Waals surface area contributed by atoms with Crippen molar-refractivity contribution >= 4 is 22.9 Å². The number of benzene rings is 1. The number of thiophene rings is 1. The van der Waals surface area contributed by atoms with Gasteiger partial charge in [0.15, 0.2) is 0 Å². The highest BCUT2D eigenvalue weighted by Crippen LogP contribution is 2.21. The molecule has 1 nitrogen and oxygen atoms in total. The smallest absolute Gasteiger partial charge is 0.0453 e. The molecule has 0 amide bonds. The Morgan fingerprint density at radius 2 is 1.89 bits per heavy atom. The first-order chi connectivity index (χ1) is 8.56. The average molecular weight is 280 g/mol. The van der Waals surface area contributed by atoms with Gasteiger partial charge >= 0.3 is 0 Å². The van der Waals surface area contributed by atoms with Gasteiger partial charge < -0.3 is 5.32 Å². The molecule has 0 radical (unpaired) electrons. The molecule has 0 spiro atoms. The van der Waals surface area contributed by atoms with Crippen molar-refractivity contribution in [3.8, 4) is 0 Å². The highest BCUT2D eigenvalue weighted by atomic mass is 35.5. The summed E-state index contributed by atoms with van der Waals surface area (Å²) in [6.45, 7) is 8.10. The van der Waals surface area contributed by atoms with Crippen LogP contribution in [0.25, 0.3) is 0 Å². The minimum atomic E-state index is 0.815. The van der Waals surface area contributed by atoms with E-state index < -0.39 is 0 Å². The maximum atomic E-state index is 6.20. The summed E-state index contributed by atoms with van der Waals surface area (Å²) in [4.78, 5) is 2.79. The number of nitrogens with one attached hydrogen (secondary N) is 1. The van der Waals surface area contributed by atoms with Gasteiger partial charge in [0.2, 0.25) is 0 Å². The fourth-order valence-electron chi connectivity index (χ4n) is 1.85. The molecule has 0 atom stereocenters. The van der Waals surface area contributed by atoms with Crippen LogP contribution in [0.5, 0.6) is 0 Å². The van der Waals surface area contributed by atoms with Crippen LogP contribution >= 0.6 is 22.9 Å². The molecule has 0 saturated heterocycles. The number of rotatable bonds is 4. The van der Waals surface area contributed by atoms with Crippen molar-refractivity contribution in [3.63, 3.8) is 0 Å². The van der Waals surface area contributed by atoms with E-state index in [-0.39, 0.29) is 0 Å². The molecule has 2 rings (SSSR count). The Kier molecular flexibility index (Phi) is 4.44. The number of hydrogen-bond donors (Lipinski definition) is 1. The van der Waals surface area contributed by atoms with Crippen LogP contribution in [0.3, 0.4) is 0 Å². The van der Waals surface area contributed by atoms with E-state index in [9.17, 15) is 0 Å². The zero-order valence-corrected chi connectivity index (χ0v) is 12.6. The lowest BCUT2D eigenvalue weighted by atomic mass is 10.1. The van der Waals surface area contributed by atoms with Crippen LogP contribution in [-0.2, 0) is 13.1 Å². The lowest BCUT2D eigenvalue weighted by Crippen LogP contribution is -2.12. The van der Waals surface area contributed by atoms with E-state index in [0.29, 0.717) is 0 Å². The molecule has 0 saturated carbocycles. The third-order valence-corrected chi connectivity index (χ3v) is 4.54. The molecule has 18 heavy (non-hydrogen) atoms. The summed E-state index contributed by atoms with van der Waals surface area (Å²) in [6, 6.07) is 8.46. The monoisotopic (exact) mass is 279 g/mol. The molecule has 2 aromatic rings. The lowest BCUT2D eigenvalue weighted by Gasteiger charge is -2.06. The second-order valence-electron chi connectivity index (χ2n) is 4.65. The highest BCUT2D eigenvalue weighted by Gasteiger charge is 2.03. The van der Waals surface area contributed by atoms with Crippen molar-refractivity contribution in [1.29, 1.82) is 0 Å². The van der Waals surface area contributed by atoms with E-state index in [1.54, 1.807) is 0 Å². The van der Waals surface area contributed by atoms with Gasteiger partial charge in [0.25, 0.3) is 0 Å². The second-order valence-corrected chi connectivity index (χ2v) is 6.40. The summed E-state index contributed by atoms with van der Waals surface area (Å²) >= 11 is 8.06. The maximum Gasteiger partial charge on any atom is 0.0453 e. The van der Waals surface area contributed by atoms with Crippen molar-refractivity contribution < 1.29 is 0 Å². The standard InChI is InChI=1S/C15H18ClNS/c1-10-4-5-13(15(16)6-10)8-17-9-14-7-11(2)12(3)18-14/h4-7,17H,8-9H2,1-3H3. The largest absolute Gasteiger partial charge is 0.308 e. The highest BCUT2D eigenvalue weighted by molar-refractivity contribution is 7.12. The van der Waals surface area contributed by atoms with E-state index in [4.69, 9.17) is 11.6 Å². The van der Waals surface area contributed by atoms with Gasteiger partial charge in [-0.15, -0.1) is 11.3 Å². The number of halogens is 1. The zero-order chi connectivity index (χ0) is 13.1. The molecule has 3 heteroatoms. The maximum absolute atomic E-state index is 6.20. The van der Waals surface area contributed by atoms with Gasteiger partial charge in [-0.2, -0.15) is 0 Å². The first-order valence-corrected chi connectivity index (χ1v) is 7.27. The van der Waals surface area contributed by atoms with Crippen molar-refractivity contribution in [2.45, 2.75) is 33.9 Å². The summed E-state index contributed by atoms with van der Waals surface area (Å²) < 4.78 is 0. The van der Waals surface area contributed by atoms with Gasteiger partial charge in [-0.25, -0.2) is 0 Å². The summed E-state index contributed by atoms with van der Waals surface area (Å²) in [5.74, 6) is 0. The van der Waals surface area contributed by atoms with Crippen LogP contribution in [0.2, 0.25) is 5.02 Å². The Bertz CT molecular complexity index is 526. The van der Waals surface area contributed by atoms with Gasteiger partial charge in [0.1, 0.15) is 0 Å². The number of hydrogen-bond acceptors (Lipinski definition) is 2. The minimum absolute atomic E-state index is 0.815. The quantitative estimate of drug-likeness (QED) is 0.861. The third kappa shape index (κ3) is 3.35. The van der Waals surface area contributed by atoms with Crippen LogP contribution in [0, 0.1) is 20.8 Å². The minimum Gasteiger partial charge on any atom is -0.308 e.